The van der Waals surface area contributed by atoms with Crippen LogP contribution in [0.2, 0.25) is 0 Å². The predicted molar refractivity (Wildman–Crippen MR) is 70.6 cm³/mol. The van der Waals surface area contributed by atoms with Gasteiger partial charge in [0.2, 0.25) is 5.91 Å². The smallest absolute Gasteiger partial charge is 0.239 e. The summed E-state index contributed by atoms with van der Waals surface area (Å²) >= 11 is 5.58. The number of halogens is 1. The molecule has 3 nitrogen and oxygen atoms in total. The lowest BCUT2D eigenvalue weighted by molar-refractivity contribution is -0.124. The van der Waals surface area contributed by atoms with E-state index < -0.39 is 0 Å². The molecule has 0 aliphatic carbocycles. The number of carbonyl (C=O) groups is 1. The molecule has 1 aromatic carbocycles. The quantitative estimate of drug-likeness (QED) is 0.794. The number of carbonyl (C=O) groups excluding carboxylic acids is 1. The molecule has 1 rings (SSSR count). The molecule has 0 heterocycles. The minimum absolute atomic E-state index is 0.0185. The Kier molecular flexibility index (Phi) is 5.45. The van der Waals surface area contributed by atoms with Gasteiger partial charge in [-0.15, -0.1) is 0 Å². The zero-order valence-electron chi connectivity index (χ0n) is 10.4. The second kappa shape index (κ2) is 6.62. The van der Waals surface area contributed by atoms with E-state index in [1.165, 1.54) is 0 Å². The van der Waals surface area contributed by atoms with Gasteiger partial charge in [0.25, 0.3) is 0 Å². The van der Waals surface area contributed by atoms with Crippen molar-refractivity contribution in [2.24, 2.45) is 5.92 Å². The number of hydrogen-bond acceptors (Lipinski definition) is 2. The van der Waals surface area contributed by atoms with Gasteiger partial charge in [-0.1, -0.05) is 44.2 Å². The van der Waals surface area contributed by atoms with Crippen molar-refractivity contribution in [1.82, 2.24) is 10.2 Å². The first-order valence-corrected chi connectivity index (χ1v) is 6.15. The fourth-order valence-corrected chi connectivity index (χ4v) is 1.96. The summed E-state index contributed by atoms with van der Waals surface area (Å²) in [4.78, 5) is 14.5. The summed E-state index contributed by atoms with van der Waals surface area (Å²) in [7, 11) is 0. The molecule has 1 aromatic rings. The van der Waals surface area contributed by atoms with Crippen molar-refractivity contribution in [3.63, 3.8) is 0 Å². The molecule has 0 aromatic heterocycles. The van der Waals surface area contributed by atoms with Crippen LogP contribution in [-0.4, -0.2) is 11.9 Å². The van der Waals surface area contributed by atoms with Crippen LogP contribution in [-0.2, 0) is 4.79 Å². The Morgan fingerprint density at radius 2 is 1.76 bits per heavy atom. The van der Waals surface area contributed by atoms with Gasteiger partial charge in [0.05, 0.1) is 6.04 Å². The number of amides is 1. The standard InChI is InChI=1S/C13H19ClN2O/c1-9(2)12(16-14)13(17)15-10(3)11-7-5-4-6-8-11/h4-10,12,16H,1-3H3,(H,15,17)/t10-,12?/m1/s1. The normalized spacial score (nSPS) is 14.4. The summed E-state index contributed by atoms with van der Waals surface area (Å²) < 4.78 is 0. The first-order chi connectivity index (χ1) is 8.06. The highest BCUT2D eigenvalue weighted by molar-refractivity contribution is 6.15. The lowest BCUT2D eigenvalue weighted by Gasteiger charge is -2.21. The van der Waals surface area contributed by atoms with Crippen LogP contribution < -0.4 is 10.2 Å². The summed E-state index contributed by atoms with van der Waals surface area (Å²) in [6, 6.07) is 9.45. The van der Waals surface area contributed by atoms with Crippen molar-refractivity contribution in [1.29, 1.82) is 0 Å². The Hall–Kier alpha value is -1.06. The third kappa shape index (κ3) is 4.02. The Labute approximate surface area is 108 Å². The van der Waals surface area contributed by atoms with Gasteiger partial charge in [-0.05, 0) is 30.2 Å². The fourth-order valence-electron chi connectivity index (χ4n) is 1.61. The minimum Gasteiger partial charge on any atom is -0.348 e. The molecule has 2 N–H and O–H groups in total. The van der Waals surface area contributed by atoms with E-state index in [1.807, 2.05) is 51.1 Å². The SMILES string of the molecule is CC(C)C(NCl)C(=O)N[C@H](C)c1ccccc1. The van der Waals surface area contributed by atoms with Crippen LogP contribution in [0.15, 0.2) is 30.3 Å². The molecule has 0 aliphatic heterocycles. The largest absolute Gasteiger partial charge is 0.348 e. The maximum atomic E-state index is 11.9. The molecule has 2 atom stereocenters. The maximum absolute atomic E-state index is 11.9. The molecule has 1 unspecified atom stereocenters. The second-order valence-corrected chi connectivity index (χ2v) is 4.69. The van der Waals surface area contributed by atoms with E-state index in [0.717, 1.165) is 5.56 Å². The number of nitrogens with one attached hydrogen (secondary N) is 2. The molecule has 0 bridgehead atoms. The molecule has 1 amide bonds. The van der Waals surface area contributed by atoms with Crippen LogP contribution in [0.1, 0.15) is 32.4 Å². The molecule has 0 radical (unpaired) electrons. The van der Waals surface area contributed by atoms with Crippen molar-refractivity contribution < 1.29 is 4.79 Å². The van der Waals surface area contributed by atoms with E-state index in [-0.39, 0.29) is 23.9 Å². The predicted octanol–water partition coefficient (Wildman–Crippen LogP) is 2.63. The molecular formula is C13H19ClN2O. The van der Waals surface area contributed by atoms with E-state index in [2.05, 4.69) is 10.2 Å². The van der Waals surface area contributed by atoms with E-state index >= 15 is 0 Å². The minimum atomic E-state index is -0.372. The van der Waals surface area contributed by atoms with Gasteiger partial charge in [0, 0.05) is 0 Å². The zero-order valence-corrected chi connectivity index (χ0v) is 11.2. The van der Waals surface area contributed by atoms with Gasteiger partial charge in [-0.3, -0.25) is 4.79 Å². The highest BCUT2D eigenvalue weighted by Gasteiger charge is 2.22. The van der Waals surface area contributed by atoms with E-state index in [4.69, 9.17) is 11.8 Å². The number of hydrogen-bond donors (Lipinski definition) is 2. The molecular weight excluding hydrogens is 236 g/mol. The summed E-state index contributed by atoms with van der Waals surface area (Å²) in [6.45, 7) is 5.86. The summed E-state index contributed by atoms with van der Waals surface area (Å²) in [5.74, 6) is 0.0711. The average molecular weight is 255 g/mol. The molecule has 4 heteroatoms. The molecule has 0 spiro atoms. The Balaban J connectivity index is 2.63. The molecule has 17 heavy (non-hydrogen) atoms. The van der Waals surface area contributed by atoms with Crippen molar-refractivity contribution in [2.45, 2.75) is 32.9 Å². The lowest BCUT2D eigenvalue weighted by atomic mass is 10.0. The summed E-state index contributed by atoms with van der Waals surface area (Å²) in [5, 5.41) is 2.94. The zero-order chi connectivity index (χ0) is 12.8. The van der Waals surface area contributed by atoms with Crippen molar-refractivity contribution in [2.75, 3.05) is 0 Å². The van der Waals surface area contributed by atoms with Gasteiger partial charge in [-0.2, -0.15) is 0 Å². The van der Waals surface area contributed by atoms with E-state index in [0.29, 0.717) is 0 Å². The number of benzene rings is 1. The Bertz CT molecular complexity index is 354. The van der Waals surface area contributed by atoms with Crippen LogP contribution in [0.25, 0.3) is 0 Å². The van der Waals surface area contributed by atoms with E-state index in [9.17, 15) is 4.79 Å². The third-order valence-corrected chi connectivity index (χ3v) is 2.96. The van der Waals surface area contributed by atoms with Crippen LogP contribution >= 0.6 is 11.8 Å². The molecule has 0 fully saturated rings. The van der Waals surface area contributed by atoms with Crippen molar-refractivity contribution >= 4 is 17.7 Å². The topological polar surface area (TPSA) is 41.1 Å². The maximum Gasteiger partial charge on any atom is 0.239 e. The molecule has 0 saturated carbocycles. The van der Waals surface area contributed by atoms with Crippen LogP contribution in [0.5, 0.6) is 0 Å². The van der Waals surface area contributed by atoms with Crippen molar-refractivity contribution in [3.05, 3.63) is 35.9 Å². The Morgan fingerprint density at radius 3 is 2.24 bits per heavy atom. The van der Waals surface area contributed by atoms with Crippen LogP contribution in [0, 0.1) is 5.92 Å². The Morgan fingerprint density at radius 1 is 1.18 bits per heavy atom. The van der Waals surface area contributed by atoms with Gasteiger partial charge in [0.15, 0.2) is 0 Å². The van der Waals surface area contributed by atoms with E-state index in [1.54, 1.807) is 0 Å². The second-order valence-electron chi connectivity index (χ2n) is 4.47. The highest BCUT2D eigenvalue weighted by Crippen LogP contribution is 2.12. The number of rotatable bonds is 5. The monoisotopic (exact) mass is 254 g/mol. The van der Waals surface area contributed by atoms with Gasteiger partial charge >= 0.3 is 0 Å². The first kappa shape index (κ1) is 14.0. The summed E-state index contributed by atoms with van der Waals surface area (Å²) in [5.41, 5.74) is 1.08. The van der Waals surface area contributed by atoms with Crippen molar-refractivity contribution in [3.8, 4) is 0 Å². The van der Waals surface area contributed by atoms with Gasteiger partial charge < -0.3 is 5.32 Å². The molecule has 0 aliphatic rings. The first-order valence-electron chi connectivity index (χ1n) is 5.77. The van der Waals surface area contributed by atoms with Gasteiger partial charge in [-0.25, -0.2) is 4.84 Å². The van der Waals surface area contributed by atoms with Crippen LogP contribution in [0.4, 0.5) is 0 Å². The summed E-state index contributed by atoms with van der Waals surface area (Å²) in [6.07, 6.45) is 0. The average Bonchev–Trinajstić information content (AvgIpc) is 2.30. The third-order valence-electron chi connectivity index (χ3n) is 2.73. The van der Waals surface area contributed by atoms with Crippen LogP contribution in [0.3, 0.4) is 0 Å². The highest BCUT2D eigenvalue weighted by atomic mass is 35.5. The fraction of sp³-hybridized carbons (Fsp3) is 0.462. The molecule has 94 valence electrons. The van der Waals surface area contributed by atoms with Gasteiger partial charge in [0.1, 0.15) is 6.04 Å². The lowest BCUT2D eigenvalue weighted by Crippen LogP contribution is -2.44. The molecule has 0 saturated heterocycles.